The summed E-state index contributed by atoms with van der Waals surface area (Å²) in [7, 11) is 0. The van der Waals surface area contributed by atoms with Crippen molar-refractivity contribution < 1.29 is 90.6 Å². The number of ether oxygens (including phenoxy) is 10. The Hall–Kier alpha value is -7.55. The number of piperidine rings is 1. The van der Waals surface area contributed by atoms with Crippen molar-refractivity contribution in [3.63, 3.8) is 0 Å². The van der Waals surface area contributed by atoms with Crippen molar-refractivity contribution in [3.05, 3.63) is 45.9 Å². The van der Waals surface area contributed by atoms with Gasteiger partial charge in [-0.2, -0.15) is 9.97 Å². The van der Waals surface area contributed by atoms with E-state index < -0.39 is 41.1 Å². The number of carbonyl (C=O) groups is 8. The number of likely N-dealkylation sites (tertiary alicyclic amines) is 1. The SMILES string of the molecule is CCCCOc1nc(N)c2[nH]c(=O)n(Cc3ccc(CN4CCC(CCNC(=O)[C@@H](CCCCNC(=O)CCCC(=O)NCCOCCOCCOCCOCCC(=O)NC(COCCC(=O)NC(C)C)(COCCC(=O)NC(C)(C)CCOC(C)(C)C)COCCC(=O)NC(C)(C)CCOC(C)(C)C)NC(=O)CON)CC4)cc3)c2n1. The zero-order chi connectivity index (χ0) is 86.1. The Labute approximate surface area is 692 Å². The predicted molar refractivity (Wildman–Crippen MR) is 443 cm³/mol. The van der Waals surface area contributed by atoms with E-state index in [0.29, 0.717) is 115 Å². The summed E-state index contributed by atoms with van der Waals surface area (Å²) < 4.78 is 59.9. The molecule has 117 heavy (non-hydrogen) atoms. The molecule has 666 valence electrons. The molecule has 0 unspecified atom stereocenters. The number of unbranched alkanes of at least 4 members (excludes halogenated alkanes) is 2. The van der Waals surface area contributed by atoms with Crippen LogP contribution in [0.1, 0.15) is 210 Å². The van der Waals surface area contributed by atoms with Gasteiger partial charge in [-0.05, 0) is 177 Å². The first kappa shape index (κ1) is 102. The molecule has 1 aliphatic rings. The number of carbonyl (C=O) groups excluding carboxylic acids is 8. The van der Waals surface area contributed by atoms with Gasteiger partial charge in [0.15, 0.2) is 11.5 Å². The van der Waals surface area contributed by atoms with Crippen LogP contribution in [0.3, 0.4) is 0 Å². The molecule has 0 aliphatic carbocycles. The molecular formula is C82H143N15O20. The van der Waals surface area contributed by atoms with E-state index in [-0.39, 0.29) is 188 Å². The zero-order valence-corrected chi connectivity index (χ0v) is 72.3. The molecule has 2 aromatic heterocycles. The quantitative estimate of drug-likeness (QED) is 0.0266. The Morgan fingerprint density at radius 1 is 0.530 bits per heavy atom. The van der Waals surface area contributed by atoms with Gasteiger partial charge in [-0.1, -0.05) is 37.6 Å². The van der Waals surface area contributed by atoms with Gasteiger partial charge in [0.05, 0.1) is 117 Å². The van der Waals surface area contributed by atoms with Crippen LogP contribution in [0.25, 0.3) is 11.2 Å². The molecule has 1 fully saturated rings. The number of nitrogens with two attached hydrogens (primary N) is 2. The van der Waals surface area contributed by atoms with Crippen LogP contribution in [0.5, 0.6) is 6.01 Å². The minimum Gasteiger partial charge on any atom is -0.463 e. The standard InChI is InChI=1S/C82H143N15O20/c1-14-15-40-114-76-91-73(83)72-74(92-76)97(77(106)90-72)55-63-24-22-62(23-25-63)54-96-38-27-61(28-39-96)26-36-87-75(105)64(89-71(104)56-117-84)19-16-17-35-85-65(98)20-18-21-66(99)86-37-47-108-49-51-110-53-52-109-50-48-107-41-30-70(103)95-82(57-111-42-29-67(100)88-60(2)3,58-112-43-31-68(101)93-80(10,11)33-45-115-78(4,5)6)59-113-44-32-69(102)94-81(12,13)34-46-116-79(7,8)9/h22-25,60-61,64H,14-21,26-59,84H2,1-13H3,(H,85,98)(H,86,99)(H,87,105)(H,88,100)(H,89,104)(H,90,106)(H,93,101)(H,94,102)(H,95,103)(H2,83,91,92)/t64-/m1/s1. The van der Waals surface area contributed by atoms with Crippen LogP contribution in [0.4, 0.5) is 5.82 Å². The van der Waals surface area contributed by atoms with Crippen molar-refractivity contribution in [1.29, 1.82) is 0 Å². The average molecular weight is 1660 g/mol. The number of hydrogen-bond acceptors (Lipinski definition) is 25. The maximum Gasteiger partial charge on any atom is 0.328 e. The third kappa shape index (κ3) is 47.1. The molecule has 1 aliphatic heterocycles. The Morgan fingerprint density at radius 3 is 1.55 bits per heavy atom. The van der Waals surface area contributed by atoms with Gasteiger partial charge in [-0.25, -0.2) is 10.7 Å². The minimum atomic E-state index is -1.31. The third-order valence-electron chi connectivity index (χ3n) is 18.7. The molecule has 8 amide bonds. The number of aromatic nitrogens is 4. The highest BCUT2D eigenvalue weighted by Gasteiger charge is 2.35. The van der Waals surface area contributed by atoms with E-state index >= 15 is 0 Å². The molecule has 13 N–H and O–H groups in total. The van der Waals surface area contributed by atoms with Crippen LogP contribution >= 0.6 is 0 Å². The second kappa shape index (κ2) is 55.3. The fraction of sp³-hybridized carbons (Fsp3) is 0.768. The summed E-state index contributed by atoms with van der Waals surface area (Å²) in [6.07, 6.45) is 7.89. The number of fused-ring (bicyclic) bond motifs is 1. The summed E-state index contributed by atoms with van der Waals surface area (Å²) in [6, 6.07) is 7.44. The summed E-state index contributed by atoms with van der Waals surface area (Å²) in [5.74, 6) is 3.43. The summed E-state index contributed by atoms with van der Waals surface area (Å²) >= 11 is 0. The van der Waals surface area contributed by atoms with Crippen molar-refractivity contribution in [2.75, 3.05) is 157 Å². The van der Waals surface area contributed by atoms with Crippen LogP contribution in [-0.4, -0.2) is 263 Å². The molecule has 0 spiro atoms. The highest BCUT2D eigenvalue weighted by molar-refractivity contribution is 5.88. The van der Waals surface area contributed by atoms with Crippen LogP contribution in [0.2, 0.25) is 0 Å². The van der Waals surface area contributed by atoms with Gasteiger partial charge in [0.25, 0.3) is 0 Å². The number of nitrogen functional groups attached to an aromatic ring is 1. The van der Waals surface area contributed by atoms with E-state index in [1.807, 2.05) is 95.2 Å². The molecule has 1 saturated heterocycles. The summed E-state index contributed by atoms with van der Waals surface area (Å²) in [4.78, 5) is 135. The number of imidazole rings is 1. The van der Waals surface area contributed by atoms with Crippen molar-refractivity contribution in [3.8, 4) is 6.01 Å². The first-order chi connectivity index (χ1) is 55.6. The van der Waals surface area contributed by atoms with Gasteiger partial charge >= 0.3 is 11.7 Å². The minimum absolute atomic E-state index is 0.00427. The third-order valence-corrected chi connectivity index (χ3v) is 18.7. The lowest BCUT2D eigenvalue weighted by Gasteiger charge is -2.34. The molecule has 35 nitrogen and oxygen atoms in total. The Kier molecular flexibility index (Phi) is 48.1. The van der Waals surface area contributed by atoms with Gasteiger partial charge in [0, 0.05) is 95.0 Å². The molecule has 4 rings (SSSR count). The van der Waals surface area contributed by atoms with Gasteiger partial charge in [0.1, 0.15) is 23.7 Å². The Morgan fingerprint density at radius 2 is 1.03 bits per heavy atom. The molecule has 1 atom stereocenters. The average Bonchev–Trinajstić information content (AvgIpc) is 1.62. The largest absolute Gasteiger partial charge is 0.463 e. The molecule has 0 saturated carbocycles. The van der Waals surface area contributed by atoms with Gasteiger partial charge in [0.2, 0.25) is 47.3 Å². The Balaban J connectivity index is 1.06. The molecular weight excluding hydrogens is 1510 g/mol. The van der Waals surface area contributed by atoms with E-state index in [1.165, 1.54) is 4.57 Å². The topological polar surface area (TPSA) is 453 Å². The molecule has 0 radical (unpaired) electrons. The molecule has 0 bridgehead atoms. The number of aromatic amines is 1. The van der Waals surface area contributed by atoms with Crippen molar-refractivity contribution in [2.45, 2.75) is 252 Å². The Bertz CT molecular complexity index is 3390. The second-order valence-electron chi connectivity index (χ2n) is 33.3. The maximum atomic E-state index is 13.7. The summed E-state index contributed by atoms with van der Waals surface area (Å²) in [5, 5.41) is 23.4. The monoisotopic (exact) mass is 1660 g/mol. The van der Waals surface area contributed by atoms with Crippen LogP contribution < -0.4 is 64.6 Å². The lowest BCUT2D eigenvalue weighted by molar-refractivity contribution is -0.132. The highest BCUT2D eigenvalue weighted by Crippen LogP contribution is 2.24. The van der Waals surface area contributed by atoms with E-state index in [2.05, 4.69) is 86.3 Å². The lowest BCUT2D eigenvalue weighted by Crippen LogP contribution is -2.59. The molecule has 3 heterocycles. The van der Waals surface area contributed by atoms with E-state index in [4.69, 9.17) is 59.0 Å². The summed E-state index contributed by atoms with van der Waals surface area (Å²) in [5.41, 5.74) is 5.64. The number of nitrogens with one attached hydrogen (secondary N) is 9. The summed E-state index contributed by atoms with van der Waals surface area (Å²) in [6.45, 7) is 31.8. The number of rotatable bonds is 64. The molecule has 35 heteroatoms. The first-order valence-electron chi connectivity index (χ1n) is 41.7. The molecule has 1 aromatic carbocycles. The van der Waals surface area contributed by atoms with Gasteiger partial charge in [-0.15, -0.1) is 0 Å². The fourth-order valence-corrected chi connectivity index (χ4v) is 12.3. The number of amides is 8. The highest BCUT2D eigenvalue weighted by atomic mass is 16.6. The number of hydrogen-bond donors (Lipinski definition) is 11. The van der Waals surface area contributed by atoms with Gasteiger partial charge < -0.3 is 101 Å². The van der Waals surface area contributed by atoms with Crippen molar-refractivity contribution in [2.24, 2.45) is 11.8 Å². The van der Waals surface area contributed by atoms with E-state index in [0.717, 1.165) is 62.9 Å². The second-order valence-corrected chi connectivity index (χ2v) is 33.3. The van der Waals surface area contributed by atoms with Crippen molar-refractivity contribution >= 4 is 64.2 Å². The fourth-order valence-electron chi connectivity index (χ4n) is 12.3. The molecule has 3 aromatic rings. The lowest BCUT2D eigenvalue weighted by atomic mass is 9.93. The van der Waals surface area contributed by atoms with E-state index in [1.54, 1.807) is 0 Å². The van der Waals surface area contributed by atoms with Crippen LogP contribution in [-0.2, 0) is 98.9 Å². The first-order valence-corrected chi connectivity index (χ1v) is 41.7. The van der Waals surface area contributed by atoms with Crippen molar-refractivity contribution in [1.82, 2.24) is 67.0 Å². The van der Waals surface area contributed by atoms with Crippen LogP contribution in [0, 0.1) is 5.92 Å². The zero-order valence-electron chi connectivity index (χ0n) is 72.3. The number of anilines is 1. The maximum absolute atomic E-state index is 13.7. The van der Waals surface area contributed by atoms with Crippen LogP contribution in [0.15, 0.2) is 29.1 Å². The smallest absolute Gasteiger partial charge is 0.328 e. The van der Waals surface area contributed by atoms with Gasteiger partial charge in [-0.3, -0.25) is 52.7 Å². The number of nitrogens with zero attached hydrogens (tertiary/aromatic N) is 4. The number of benzene rings is 1. The number of H-pyrrole nitrogens is 1. The normalized spacial score (nSPS) is 13.5. The predicted octanol–water partition coefficient (Wildman–Crippen LogP) is 4.85. The van der Waals surface area contributed by atoms with E-state index in [9.17, 15) is 43.2 Å².